The van der Waals surface area contributed by atoms with Gasteiger partial charge >= 0.3 is 21.7 Å². The van der Waals surface area contributed by atoms with Crippen LogP contribution in [-0.2, 0) is 21.7 Å². The zero-order valence-electron chi connectivity index (χ0n) is 7.05. The molecule has 1 nitrogen and oxygen atoms in total. The number of benzene rings is 1. The molecular formula is C9H6Cl3NTi. The molecule has 14 heavy (non-hydrogen) atoms. The van der Waals surface area contributed by atoms with Crippen LogP contribution < -0.4 is 37.2 Å². The zero-order chi connectivity index (χ0) is 6.81. The van der Waals surface area contributed by atoms with Gasteiger partial charge in [0.25, 0.3) is 0 Å². The minimum Gasteiger partial charge on any atom is -1.00 e. The molecule has 0 saturated heterocycles. The number of halogens is 3. The molecule has 0 saturated carbocycles. The van der Waals surface area contributed by atoms with Gasteiger partial charge in [-0.2, -0.15) is 12.1 Å². The van der Waals surface area contributed by atoms with Gasteiger partial charge in [0.1, 0.15) is 0 Å². The maximum absolute atomic E-state index is 4.06. The molecular weight excluding hydrogens is 276 g/mol. The summed E-state index contributed by atoms with van der Waals surface area (Å²) >= 11 is 0. The van der Waals surface area contributed by atoms with E-state index >= 15 is 0 Å². The Bertz CT molecular complexity index is 291. The molecule has 0 bridgehead atoms. The number of hydrogen-bond acceptors (Lipinski definition) is 1. The van der Waals surface area contributed by atoms with Gasteiger partial charge in [0.05, 0.1) is 0 Å². The number of fused-ring (bicyclic) bond motifs is 1. The van der Waals surface area contributed by atoms with Gasteiger partial charge in [0.15, 0.2) is 0 Å². The third kappa shape index (κ3) is 4.63. The molecule has 0 atom stereocenters. The summed E-state index contributed by atoms with van der Waals surface area (Å²) in [6.07, 6.45) is 2.79. The number of nitrogens with zero attached hydrogens (tertiary/aromatic N) is 1. The molecule has 0 aliphatic rings. The molecule has 0 fully saturated rings. The molecule has 72 valence electrons. The monoisotopic (exact) mass is 281 g/mol. The molecule has 2 aromatic rings. The SMILES string of the molecule is [Cl-].[Cl-].[Cl-].[Ti+4].[c-]1ccc2ccccc2n1. The molecule has 2 rings (SSSR count). The Labute approximate surface area is 117 Å². The molecule has 1 aromatic carbocycles. The van der Waals surface area contributed by atoms with Crippen LogP contribution in [0, 0.1) is 6.20 Å². The van der Waals surface area contributed by atoms with E-state index in [-0.39, 0.29) is 58.9 Å². The number of pyridine rings is 1. The van der Waals surface area contributed by atoms with E-state index in [0.29, 0.717) is 0 Å². The van der Waals surface area contributed by atoms with Crippen molar-refractivity contribution in [3.05, 3.63) is 42.6 Å². The van der Waals surface area contributed by atoms with Crippen molar-refractivity contribution >= 4 is 10.9 Å². The summed E-state index contributed by atoms with van der Waals surface area (Å²) in [5, 5.41) is 1.17. The summed E-state index contributed by atoms with van der Waals surface area (Å²) < 4.78 is 0. The summed E-state index contributed by atoms with van der Waals surface area (Å²) in [6, 6.07) is 11.8. The van der Waals surface area contributed by atoms with Crippen LogP contribution in [0.25, 0.3) is 10.9 Å². The van der Waals surface area contributed by atoms with Gasteiger partial charge in [-0.25, -0.2) is 0 Å². The summed E-state index contributed by atoms with van der Waals surface area (Å²) in [7, 11) is 0. The van der Waals surface area contributed by atoms with Crippen LogP contribution in [0.3, 0.4) is 0 Å². The van der Waals surface area contributed by atoms with E-state index < -0.39 is 0 Å². The summed E-state index contributed by atoms with van der Waals surface area (Å²) in [5.74, 6) is 0. The van der Waals surface area contributed by atoms with E-state index in [0.717, 1.165) is 5.52 Å². The van der Waals surface area contributed by atoms with Crippen LogP contribution >= 0.6 is 0 Å². The largest absolute Gasteiger partial charge is 4.00 e. The molecule has 0 spiro atoms. The second-order valence-electron chi connectivity index (χ2n) is 2.13. The predicted octanol–water partition coefficient (Wildman–Crippen LogP) is -6.96. The van der Waals surface area contributed by atoms with Crippen molar-refractivity contribution in [1.82, 2.24) is 4.98 Å². The van der Waals surface area contributed by atoms with Crippen molar-refractivity contribution in [2.45, 2.75) is 0 Å². The smallest absolute Gasteiger partial charge is 1.00 e. The molecule has 1 aromatic heterocycles. The zero-order valence-corrected chi connectivity index (χ0v) is 10.9. The van der Waals surface area contributed by atoms with Gasteiger partial charge in [-0.15, -0.1) is 5.39 Å². The van der Waals surface area contributed by atoms with Gasteiger partial charge in [0, 0.05) is 0 Å². The predicted molar refractivity (Wildman–Crippen MR) is 40.6 cm³/mol. The van der Waals surface area contributed by atoms with Crippen molar-refractivity contribution in [3.63, 3.8) is 0 Å². The number of para-hydroxylation sites is 1. The Morgan fingerprint density at radius 1 is 0.929 bits per heavy atom. The minimum atomic E-state index is 0. The molecule has 0 radical (unpaired) electrons. The summed E-state index contributed by atoms with van der Waals surface area (Å²) in [4.78, 5) is 4.06. The van der Waals surface area contributed by atoms with E-state index in [9.17, 15) is 0 Å². The summed E-state index contributed by atoms with van der Waals surface area (Å²) in [6.45, 7) is 0. The van der Waals surface area contributed by atoms with Gasteiger partial charge < -0.3 is 42.2 Å². The molecule has 0 N–H and O–H groups in total. The second-order valence-corrected chi connectivity index (χ2v) is 2.13. The number of rotatable bonds is 0. The van der Waals surface area contributed by atoms with Crippen LogP contribution in [0.4, 0.5) is 0 Å². The Kier molecular flexibility index (Phi) is 13.8. The van der Waals surface area contributed by atoms with Crippen molar-refractivity contribution < 1.29 is 58.9 Å². The average molecular weight is 282 g/mol. The Morgan fingerprint density at radius 2 is 1.57 bits per heavy atom. The maximum Gasteiger partial charge on any atom is 4.00 e. The fourth-order valence-electron chi connectivity index (χ4n) is 0.964. The van der Waals surface area contributed by atoms with E-state index in [1.54, 1.807) is 0 Å². The number of hydrogen-bond donors (Lipinski definition) is 0. The van der Waals surface area contributed by atoms with Crippen molar-refractivity contribution in [1.29, 1.82) is 0 Å². The van der Waals surface area contributed by atoms with E-state index in [1.807, 2.05) is 36.4 Å². The standard InChI is InChI=1S/C9H6N.3ClH.Ti/c1-2-6-9-8(4-1)5-3-7-10-9;;;;/h1-6H;3*1H;/q-1;;;;+4/p-3. The quantitative estimate of drug-likeness (QED) is 0.346. The Morgan fingerprint density at radius 3 is 2.21 bits per heavy atom. The van der Waals surface area contributed by atoms with Crippen molar-refractivity contribution in [3.8, 4) is 0 Å². The maximum atomic E-state index is 4.06. The third-order valence-electron chi connectivity index (χ3n) is 1.46. The number of aromatic nitrogens is 1. The van der Waals surface area contributed by atoms with Crippen LogP contribution in [0.15, 0.2) is 36.4 Å². The van der Waals surface area contributed by atoms with Gasteiger partial charge in [0.2, 0.25) is 0 Å². The molecule has 0 unspecified atom stereocenters. The average Bonchev–Trinajstić information content (AvgIpc) is 2.05. The normalized spacial score (nSPS) is 7.14. The first-order chi connectivity index (χ1) is 4.97. The second kappa shape index (κ2) is 9.76. The fraction of sp³-hybridized carbons (Fsp3) is 0. The van der Waals surface area contributed by atoms with Crippen LogP contribution in [0.2, 0.25) is 0 Å². The Balaban J connectivity index is -0.000000302. The first-order valence-electron chi connectivity index (χ1n) is 3.19. The van der Waals surface area contributed by atoms with Crippen molar-refractivity contribution in [2.24, 2.45) is 0 Å². The first-order valence-corrected chi connectivity index (χ1v) is 3.19. The molecule has 5 heteroatoms. The molecule has 0 aliphatic carbocycles. The van der Waals surface area contributed by atoms with E-state index in [4.69, 9.17) is 0 Å². The molecule has 1 heterocycles. The van der Waals surface area contributed by atoms with E-state index in [2.05, 4.69) is 11.2 Å². The van der Waals surface area contributed by atoms with Crippen LogP contribution in [0.1, 0.15) is 0 Å². The van der Waals surface area contributed by atoms with Crippen LogP contribution in [-0.4, -0.2) is 4.98 Å². The van der Waals surface area contributed by atoms with Gasteiger partial charge in [-0.05, 0) is 5.52 Å². The third-order valence-corrected chi connectivity index (χ3v) is 1.46. The van der Waals surface area contributed by atoms with E-state index in [1.165, 1.54) is 5.39 Å². The Hall–Kier alpha value is 0.214. The fourth-order valence-corrected chi connectivity index (χ4v) is 0.964. The van der Waals surface area contributed by atoms with Gasteiger partial charge in [-0.1, -0.05) is 30.5 Å². The summed E-state index contributed by atoms with van der Waals surface area (Å²) in [5.41, 5.74) is 1.00. The van der Waals surface area contributed by atoms with Gasteiger partial charge in [-0.3, -0.25) is 0 Å². The topological polar surface area (TPSA) is 12.9 Å². The first kappa shape index (κ1) is 19.7. The van der Waals surface area contributed by atoms with Crippen LogP contribution in [0.5, 0.6) is 0 Å². The molecule has 0 amide bonds. The minimum absolute atomic E-state index is 0. The molecule has 0 aliphatic heterocycles. The van der Waals surface area contributed by atoms with Crippen molar-refractivity contribution in [2.75, 3.05) is 0 Å².